The van der Waals surface area contributed by atoms with E-state index in [1.165, 1.54) is 11.1 Å². The average Bonchev–Trinajstić information content (AvgIpc) is 2.70. The van der Waals surface area contributed by atoms with Crippen molar-refractivity contribution in [1.29, 1.82) is 0 Å². The molecular weight excluding hydrogens is 408 g/mol. The van der Waals surface area contributed by atoms with Crippen LogP contribution in [0.5, 0.6) is 0 Å². The van der Waals surface area contributed by atoms with E-state index in [4.69, 9.17) is 0 Å². The van der Waals surface area contributed by atoms with Crippen LogP contribution < -0.4 is 10.0 Å². The lowest BCUT2D eigenvalue weighted by Gasteiger charge is -2.19. The van der Waals surface area contributed by atoms with Crippen molar-refractivity contribution >= 4 is 21.6 Å². The smallest absolute Gasteiger partial charge is 0.261 e. The zero-order valence-corrected chi connectivity index (χ0v) is 19.3. The largest absolute Gasteiger partial charge is 0.346 e. The van der Waals surface area contributed by atoms with Gasteiger partial charge in [-0.05, 0) is 87.2 Å². The molecule has 0 fully saturated rings. The predicted molar refractivity (Wildman–Crippen MR) is 125 cm³/mol. The fourth-order valence-electron chi connectivity index (χ4n) is 3.46. The second kappa shape index (κ2) is 8.94. The molecule has 0 bridgehead atoms. The van der Waals surface area contributed by atoms with Gasteiger partial charge < -0.3 is 5.32 Å². The van der Waals surface area contributed by atoms with E-state index in [-0.39, 0.29) is 16.8 Å². The van der Waals surface area contributed by atoms with Crippen molar-refractivity contribution in [3.05, 3.63) is 94.0 Å². The highest BCUT2D eigenvalue weighted by molar-refractivity contribution is 7.92. The van der Waals surface area contributed by atoms with Gasteiger partial charge in [0.1, 0.15) is 0 Å². The van der Waals surface area contributed by atoms with E-state index in [9.17, 15) is 13.2 Å². The predicted octanol–water partition coefficient (Wildman–Crippen LogP) is 5.21. The molecule has 0 saturated heterocycles. The molecule has 0 radical (unpaired) electrons. The Bertz CT molecular complexity index is 1220. The molecule has 0 aromatic heterocycles. The van der Waals surface area contributed by atoms with Gasteiger partial charge >= 0.3 is 0 Å². The number of benzene rings is 3. The van der Waals surface area contributed by atoms with Crippen LogP contribution in [-0.2, 0) is 10.0 Å². The molecule has 0 spiro atoms. The van der Waals surface area contributed by atoms with Gasteiger partial charge in [-0.15, -0.1) is 0 Å². The second-order valence-electron chi connectivity index (χ2n) is 7.99. The monoisotopic (exact) mass is 436 g/mol. The molecular formula is C25H28N2O3S. The van der Waals surface area contributed by atoms with E-state index in [1.54, 1.807) is 48.5 Å². The molecule has 1 atom stereocenters. The molecule has 31 heavy (non-hydrogen) atoms. The molecule has 0 unspecified atom stereocenters. The SMILES string of the molecule is Cc1ccc(S(=O)(=O)Nc2cccc(C(=O)N[C@@H](C)c3cc(C)c(C)cc3C)c2)cc1. The van der Waals surface area contributed by atoms with Crippen molar-refractivity contribution in [1.82, 2.24) is 5.32 Å². The molecule has 0 heterocycles. The van der Waals surface area contributed by atoms with Gasteiger partial charge in [0, 0.05) is 11.3 Å². The number of carbonyl (C=O) groups is 1. The van der Waals surface area contributed by atoms with Gasteiger partial charge in [0.15, 0.2) is 0 Å². The Morgan fingerprint density at radius 1 is 0.839 bits per heavy atom. The van der Waals surface area contributed by atoms with E-state index in [0.29, 0.717) is 11.3 Å². The summed E-state index contributed by atoms with van der Waals surface area (Å²) >= 11 is 0. The normalized spacial score (nSPS) is 12.3. The quantitative estimate of drug-likeness (QED) is 0.557. The molecule has 6 heteroatoms. The van der Waals surface area contributed by atoms with Crippen LogP contribution in [0.2, 0.25) is 0 Å². The topological polar surface area (TPSA) is 75.3 Å². The maximum Gasteiger partial charge on any atom is 0.261 e. The van der Waals surface area contributed by atoms with Gasteiger partial charge in [-0.1, -0.05) is 35.9 Å². The van der Waals surface area contributed by atoms with E-state index >= 15 is 0 Å². The minimum Gasteiger partial charge on any atom is -0.346 e. The van der Waals surface area contributed by atoms with Gasteiger partial charge in [-0.3, -0.25) is 9.52 Å². The lowest BCUT2D eigenvalue weighted by molar-refractivity contribution is 0.0940. The van der Waals surface area contributed by atoms with E-state index in [2.05, 4.69) is 36.0 Å². The van der Waals surface area contributed by atoms with Crippen LogP contribution in [0.25, 0.3) is 0 Å². The molecule has 3 aromatic carbocycles. The van der Waals surface area contributed by atoms with Crippen LogP contribution in [0, 0.1) is 27.7 Å². The van der Waals surface area contributed by atoms with Crippen molar-refractivity contribution in [2.45, 2.75) is 45.6 Å². The minimum absolute atomic E-state index is 0.173. The summed E-state index contributed by atoms with van der Waals surface area (Å²) in [6, 6.07) is 17.1. The summed E-state index contributed by atoms with van der Waals surface area (Å²) in [5.74, 6) is -0.262. The van der Waals surface area contributed by atoms with Crippen LogP contribution in [0.15, 0.2) is 65.6 Å². The molecule has 5 nitrogen and oxygen atoms in total. The van der Waals surface area contributed by atoms with Crippen LogP contribution in [0.3, 0.4) is 0 Å². The highest BCUT2D eigenvalue weighted by atomic mass is 32.2. The van der Waals surface area contributed by atoms with Crippen molar-refractivity contribution in [3.8, 4) is 0 Å². The van der Waals surface area contributed by atoms with Crippen molar-refractivity contribution in [2.75, 3.05) is 4.72 Å². The molecule has 0 saturated carbocycles. The maximum absolute atomic E-state index is 12.8. The molecule has 0 aliphatic heterocycles. The summed E-state index contributed by atoms with van der Waals surface area (Å²) in [5, 5.41) is 3.01. The number of rotatable bonds is 6. The van der Waals surface area contributed by atoms with Crippen LogP contribution in [0.1, 0.15) is 51.1 Å². The first kappa shape index (κ1) is 22.6. The van der Waals surface area contributed by atoms with Crippen molar-refractivity contribution < 1.29 is 13.2 Å². The maximum atomic E-state index is 12.8. The number of amides is 1. The fraction of sp³-hybridized carbons (Fsp3) is 0.240. The summed E-state index contributed by atoms with van der Waals surface area (Å²) in [6.07, 6.45) is 0. The number of sulfonamides is 1. The lowest BCUT2D eigenvalue weighted by atomic mass is 9.96. The Morgan fingerprint density at radius 2 is 1.48 bits per heavy atom. The Morgan fingerprint density at radius 3 is 2.16 bits per heavy atom. The Balaban J connectivity index is 1.77. The molecule has 0 aliphatic carbocycles. The summed E-state index contributed by atoms with van der Waals surface area (Å²) in [7, 11) is -3.73. The number of hydrogen-bond donors (Lipinski definition) is 2. The van der Waals surface area contributed by atoms with Gasteiger partial charge in [0.25, 0.3) is 15.9 Å². The van der Waals surface area contributed by atoms with Gasteiger partial charge in [-0.25, -0.2) is 8.42 Å². The summed E-state index contributed by atoms with van der Waals surface area (Å²) in [6.45, 7) is 9.99. The van der Waals surface area contributed by atoms with E-state index in [0.717, 1.165) is 16.7 Å². The van der Waals surface area contributed by atoms with Gasteiger partial charge in [-0.2, -0.15) is 0 Å². The molecule has 0 aliphatic rings. The highest BCUT2D eigenvalue weighted by Crippen LogP contribution is 2.23. The third-order valence-electron chi connectivity index (χ3n) is 5.40. The minimum atomic E-state index is -3.73. The average molecular weight is 437 g/mol. The zero-order valence-electron chi connectivity index (χ0n) is 18.5. The van der Waals surface area contributed by atoms with Gasteiger partial charge in [0.05, 0.1) is 10.9 Å². The number of anilines is 1. The van der Waals surface area contributed by atoms with E-state index in [1.807, 2.05) is 20.8 Å². The summed E-state index contributed by atoms with van der Waals surface area (Å²) in [4.78, 5) is 13.0. The number of carbonyl (C=O) groups excluding carboxylic acids is 1. The third kappa shape index (κ3) is 5.33. The Labute approximate surface area is 184 Å². The Hall–Kier alpha value is -3.12. The first-order chi connectivity index (χ1) is 14.6. The van der Waals surface area contributed by atoms with Gasteiger partial charge in [0.2, 0.25) is 0 Å². The molecule has 162 valence electrons. The van der Waals surface area contributed by atoms with Crippen LogP contribution >= 0.6 is 0 Å². The first-order valence-electron chi connectivity index (χ1n) is 10.1. The first-order valence-corrected chi connectivity index (χ1v) is 11.6. The number of nitrogens with one attached hydrogen (secondary N) is 2. The zero-order chi connectivity index (χ0) is 22.8. The highest BCUT2D eigenvalue weighted by Gasteiger charge is 2.17. The molecule has 3 rings (SSSR count). The third-order valence-corrected chi connectivity index (χ3v) is 6.80. The molecule has 1 amide bonds. The van der Waals surface area contributed by atoms with Crippen LogP contribution in [-0.4, -0.2) is 14.3 Å². The van der Waals surface area contributed by atoms with Crippen molar-refractivity contribution in [2.24, 2.45) is 0 Å². The number of hydrogen-bond acceptors (Lipinski definition) is 3. The van der Waals surface area contributed by atoms with Crippen LogP contribution in [0.4, 0.5) is 5.69 Å². The standard InChI is InChI=1S/C25H28N2O3S/c1-16-9-11-23(12-10-16)31(29,30)27-22-8-6-7-21(15-22)25(28)26-20(5)24-14-18(3)17(2)13-19(24)4/h6-15,20,27H,1-5H3,(H,26,28)/t20-/m0/s1. The fourth-order valence-corrected chi connectivity index (χ4v) is 4.51. The lowest BCUT2D eigenvalue weighted by Crippen LogP contribution is -2.27. The second-order valence-corrected chi connectivity index (χ2v) is 9.67. The summed E-state index contributed by atoms with van der Waals surface area (Å²) in [5.41, 5.74) is 6.28. The number of aryl methyl sites for hydroxylation is 4. The molecule has 2 N–H and O–H groups in total. The van der Waals surface area contributed by atoms with Crippen molar-refractivity contribution in [3.63, 3.8) is 0 Å². The Kier molecular flexibility index (Phi) is 6.51. The molecule has 3 aromatic rings. The van der Waals surface area contributed by atoms with E-state index < -0.39 is 10.0 Å². The summed E-state index contributed by atoms with van der Waals surface area (Å²) < 4.78 is 27.8.